The zero-order valence-electron chi connectivity index (χ0n) is 11.5. The third-order valence-electron chi connectivity index (χ3n) is 3.53. The summed E-state index contributed by atoms with van der Waals surface area (Å²) < 4.78 is 10.2. The largest absolute Gasteiger partial charge is 0.491 e. The molecule has 0 fully saturated rings. The minimum Gasteiger partial charge on any atom is -0.491 e. The van der Waals surface area contributed by atoms with Crippen molar-refractivity contribution in [3.05, 3.63) is 41.2 Å². The standard InChI is InChI=1S/C14H15N3O4/c1-9-13(16-21-15-9)14(19)17-6-7-20-12-5-3-2-4-10(12)11(17)8-18/h2-5,11,18H,6-8H2,1H3. The van der Waals surface area contributed by atoms with Crippen LogP contribution in [0.25, 0.3) is 0 Å². The smallest absolute Gasteiger partial charge is 0.278 e. The molecule has 1 aliphatic rings. The Morgan fingerprint density at radius 3 is 2.95 bits per heavy atom. The molecule has 1 aliphatic heterocycles. The highest BCUT2D eigenvalue weighted by Gasteiger charge is 2.32. The number of amides is 1. The molecule has 7 heteroatoms. The quantitative estimate of drug-likeness (QED) is 0.885. The van der Waals surface area contributed by atoms with Crippen LogP contribution >= 0.6 is 0 Å². The van der Waals surface area contributed by atoms with Gasteiger partial charge in [0.25, 0.3) is 5.91 Å². The Labute approximate surface area is 121 Å². The van der Waals surface area contributed by atoms with Gasteiger partial charge in [-0.15, -0.1) is 0 Å². The molecule has 110 valence electrons. The lowest BCUT2D eigenvalue weighted by atomic mass is 10.0. The number of benzene rings is 1. The highest BCUT2D eigenvalue weighted by Crippen LogP contribution is 2.32. The average molecular weight is 289 g/mol. The molecule has 7 nitrogen and oxygen atoms in total. The van der Waals surface area contributed by atoms with Crippen LogP contribution in [0.2, 0.25) is 0 Å². The maximum absolute atomic E-state index is 12.6. The van der Waals surface area contributed by atoms with Crippen molar-refractivity contribution in [3.63, 3.8) is 0 Å². The van der Waals surface area contributed by atoms with E-state index in [1.54, 1.807) is 11.8 Å². The molecule has 0 saturated carbocycles. The van der Waals surface area contributed by atoms with E-state index in [0.29, 0.717) is 24.6 Å². The van der Waals surface area contributed by atoms with Crippen molar-refractivity contribution in [1.29, 1.82) is 0 Å². The molecule has 2 aromatic rings. The van der Waals surface area contributed by atoms with Gasteiger partial charge in [-0.1, -0.05) is 23.4 Å². The van der Waals surface area contributed by atoms with Crippen LogP contribution in [0.5, 0.6) is 5.75 Å². The highest BCUT2D eigenvalue weighted by atomic mass is 16.6. The Hall–Kier alpha value is -2.41. The number of para-hydroxylation sites is 1. The predicted molar refractivity (Wildman–Crippen MR) is 71.8 cm³/mol. The first-order valence-corrected chi connectivity index (χ1v) is 6.65. The molecule has 0 saturated heterocycles. The van der Waals surface area contributed by atoms with Crippen molar-refractivity contribution in [2.75, 3.05) is 19.8 Å². The number of nitrogens with zero attached hydrogens (tertiary/aromatic N) is 3. The van der Waals surface area contributed by atoms with Gasteiger partial charge < -0.3 is 14.7 Å². The van der Waals surface area contributed by atoms with Crippen molar-refractivity contribution >= 4 is 5.91 Å². The Balaban J connectivity index is 1.99. The van der Waals surface area contributed by atoms with Crippen LogP contribution in [0.3, 0.4) is 0 Å². The highest BCUT2D eigenvalue weighted by molar-refractivity contribution is 5.93. The molecular formula is C14H15N3O4. The number of aliphatic hydroxyl groups is 1. The fraction of sp³-hybridized carbons (Fsp3) is 0.357. The van der Waals surface area contributed by atoms with Gasteiger partial charge in [0.2, 0.25) is 0 Å². The lowest BCUT2D eigenvalue weighted by Crippen LogP contribution is -2.38. The summed E-state index contributed by atoms with van der Waals surface area (Å²) in [4.78, 5) is 14.2. The molecule has 21 heavy (non-hydrogen) atoms. The lowest BCUT2D eigenvalue weighted by molar-refractivity contribution is 0.0573. The zero-order chi connectivity index (χ0) is 14.8. The van der Waals surface area contributed by atoms with Gasteiger partial charge >= 0.3 is 0 Å². The minimum absolute atomic E-state index is 0.160. The summed E-state index contributed by atoms with van der Waals surface area (Å²) in [7, 11) is 0. The van der Waals surface area contributed by atoms with Gasteiger partial charge in [0.15, 0.2) is 5.69 Å². The van der Waals surface area contributed by atoms with Gasteiger partial charge in [-0.2, -0.15) is 0 Å². The minimum atomic E-state index is -0.479. The Morgan fingerprint density at radius 2 is 2.24 bits per heavy atom. The summed E-state index contributed by atoms with van der Waals surface area (Å²) in [6.45, 7) is 2.16. The van der Waals surface area contributed by atoms with Gasteiger partial charge in [-0.05, 0) is 18.1 Å². The number of fused-ring (bicyclic) bond motifs is 1. The van der Waals surface area contributed by atoms with Gasteiger partial charge in [0.05, 0.1) is 19.2 Å². The SMILES string of the molecule is Cc1nonc1C(=O)N1CCOc2ccccc2C1CO. The second kappa shape index (κ2) is 5.53. The van der Waals surface area contributed by atoms with E-state index >= 15 is 0 Å². The first kappa shape index (κ1) is 13.6. The zero-order valence-corrected chi connectivity index (χ0v) is 11.5. The van der Waals surface area contributed by atoms with Crippen LogP contribution in [-0.2, 0) is 0 Å². The van der Waals surface area contributed by atoms with Crippen LogP contribution < -0.4 is 4.74 Å². The number of aromatic nitrogens is 2. The summed E-state index contributed by atoms with van der Waals surface area (Å²) in [5, 5.41) is 17.0. The molecule has 3 rings (SSSR count). The molecule has 0 spiro atoms. The third-order valence-corrected chi connectivity index (χ3v) is 3.53. The molecule has 1 N–H and O–H groups in total. The molecule has 0 aliphatic carbocycles. The van der Waals surface area contributed by atoms with Gasteiger partial charge in [0.1, 0.15) is 18.1 Å². The van der Waals surface area contributed by atoms with Crippen LogP contribution in [0.15, 0.2) is 28.9 Å². The number of aryl methyl sites for hydroxylation is 1. The van der Waals surface area contributed by atoms with Crippen molar-refractivity contribution in [2.45, 2.75) is 13.0 Å². The first-order valence-electron chi connectivity index (χ1n) is 6.65. The summed E-state index contributed by atoms with van der Waals surface area (Å²) in [5.74, 6) is 0.356. The van der Waals surface area contributed by atoms with E-state index in [1.165, 1.54) is 0 Å². The molecule has 1 atom stereocenters. The van der Waals surface area contributed by atoms with Crippen LogP contribution in [0.4, 0.5) is 0 Å². The second-order valence-corrected chi connectivity index (χ2v) is 4.78. The van der Waals surface area contributed by atoms with Gasteiger partial charge in [-0.3, -0.25) is 4.79 Å². The second-order valence-electron chi connectivity index (χ2n) is 4.78. The third kappa shape index (κ3) is 2.36. The number of aliphatic hydroxyl groups excluding tert-OH is 1. The number of hydrogen-bond acceptors (Lipinski definition) is 6. The Morgan fingerprint density at radius 1 is 1.43 bits per heavy atom. The predicted octanol–water partition coefficient (Wildman–Crippen LogP) is 0.946. The molecule has 0 bridgehead atoms. The van der Waals surface area contributed by atoms with Crippen molar-refractivity contribution in [3.8, 4) is 5.75 Å². The first-order chi connectivity index (χ1) is 10.2. The van der Waals surface area contributed by atoms with E-state index in [1.807, 2.05) is 24.3 Å². The molecule has 0 radical (unpaired) electrons. The number of carbonyl (C=O) groups is 1. The van der Waals surface area contributed by atoms with E-state index in [9.17, 15) is 9.90 Å². The molecule has 1 amide bonds. The van der Waals surface area contributed by atoms with Gasteiger partial charge in [0, 0.05) is 5.56 Å². The topological polar surface area (TPSA) is 88.7 Å². The van der Waals surface area contributed by atoms with Crippen LogP contribution in [-0.4, -0.2) is 46.0 Å². The molecule has 1 unspecified atom stereocenters. The lowest BCUT2D eigenvalue weighted by Gasteiger charge is -2.27. The Bertz CT molecular complexity index is 655. The molecule has 2 heterocycles. The van der Waals surface area contributed by atoms with Crippen LogP contribution in [0, 0.1) is 6.92 Å². The van der Waals surface area contributed by atoms with E-state index in [4.69, 9.17) is 4.74 Å². The molecular weight excluding hydrogens is 274 g/mol. The van der Waals surface area contributed by atoms with Crippen molar-refractivity contribution in [1.82, 2.24) is 15.2 Å². The number of hydrogen-bond donors (Lipinski definition) is 1. The number of carbonyl (C=O) groups excluding carboxylic acids is 1. The van der Waals surface area contributed by atoms with E-state index < -0.39 is 6.04 Å². The van der Waals surface area contributed by atoms with Crippen molar-refractivity contribution < 1.29 is 19.3 Å². The molecule has 1 aromatic carbocycles. The maximum Gasteiger partial charge on any atom is 0.278 e. The molecule has 1 aromatic heterocycles. The van der Waals surface area contributed by atoms with Crippen molar-refractivity contribution in [2.24, 2.45) is 0 Å². The number of ether oxygens (including phenoxy) is 1. The maximum atomic E-state index is 12.6. The van der Waals surface area contributed by atoms with E-state index in [-0.39, 0.29) is 18.2 Å². The fourth-order valence-electron chi connectivity index (χ4n) is 2.47. The van der Waals surface area contributed by atoms with Crippen LogP contribution in [0.1, 0.15) is 27.8 Å². The summed E-state index contributed by atoms with van der Waals surface area (Å²) in [6.07, 6.45) is 0. The Kier molecular flexibility index (Phi) is 3.57. The summed E-state index contributed by atoms with van der Waals surface area (Å²) in [6, 6.07) is 6.90. The summed E-state index contributed by atoms with van der Waals surface area (Å²) >= 11 is 0. The van der Waals surface area contributed by atoms with Gasteiger partial charge in [-0.25, -0.2) is 4.63 Å². The normalized spacial score (nSPS) is 17.8. The summed E-state index contributed by atoms with van der Waals surface area (Å²) in [5.41, 5.74) is 1.36. The monoisotopic (exact) mass is 289 g/mol. The fourth-order valence-corrected chi connectivity index (χ4v) is 2.47. The average Bonchev–Trinajstić information content (AvgIpc) is 2.83. The van der Waals surface area contributed by atoms with E-state index in [2.05, 4.69) is 14.9 Å². The number of rotatable bonds is 2. The van der Waals surface area contributed by atoms with E-state index in [0.717, 1.165) is 5.56 Å².